The van der Waals surface area contributed by atoms with Gasteiger partial charge in [-0.1, -0.05) is 44.2 Å². The van der Waals surface area contributed by atoms with Crippen LogP contribution in [-0.2, 0) is 10.3 Å². The van der Waals surface area contributed by atoms with Crippen LogP contribution in [0, 0.1) is 5.92 Å². The summed E-state index contributed by atoms with van der Waals surface area (Å²) in [6.45, 7) is 7.88. The highest BCUT2D eigenvalue weighted by molar-refractivity contribution is 5.88. The minimum Gasteiger partial charge on any atom is -0.335 e. The zero-order valence-electron chi connectivity index (χ0n) is 12.1. The maximum absolute atomic E-state index is 12.4. The van der Waals surface area contributed by atoms with Gasteiger partial charge in [0.25, 0.3) is 0 Å². The lowest BCUT2D eigenvalue weighted by molar-refractivity contribution is -0.129. The van der Waals surface area contributed by atoms with Gasteiger partial charge in [0.1, 0.15) is 0 Å². The molecule has 0 atom stereocenters. The topological polar surface area (TPSA) is 22.0 Å². The maximum atomic E-state index is 12.4. The molecule has 1 heterocycles. The molecular formula is C17H21NO. The van der Waals surface area contributed by atoms with Crippen molar-refractivity contribution in [1.82, 2.24) is 4.57 Å². The van der Waals surface area contributed by atoms with E-state index in [0.717, 1.165) is 11.3 Å². The molecule has 1 aromatic heterocycles. The molecule has 0 aliphatic carbocycles. The molecule has 0 saturated heterocycles. The average Bonchev–Trinajstić information content (AvgIpc) is 2.88. The van der Waals surface area contributed by atoms with E-state index in [1.165, 1.54) is 0 Å². The van der Waals surface area contributed by atoms with Gasteiger partial charge >= 0.3 is 0 Å². The second-order valence-corrected chi connectivity index (χ2v) is 5.71. The first-order valence-corrected chi connectivity index (χ1v) is 6.72. The van der Waals surface area contributed by atoms with Crippen LogP contribution in [-0.4, -0.2) is 10.4 Å². The Hall–Kier alpha value is -1.83. The van der Waals surface area contributed by atoms with Crippen molar-refractivity contribution in [3.8, 4) is 11.3 Å². The molecule has 0 aliphatic rings. The number of hydrogen-bond donors (Lipinski definition) is 0. The third kappa shape index (κ3) is 2.48. The quantitative estimate of drug-likeness (QED) is 0.805. The molecule has 2 rings (SSSR count). The summed E-state index contributed by atoms with van der Waals surface area (Å²) in [6.07, 6.45) is 1.99. The molecule has 0 spiro atoms. The van der Waals surface area contributed by atoms with Gasteiger partial charge in [-0.2, -0.15) is 0 Å². The Morgan fingerprint density at radius 1 is 1.05 bits per heavy atom. The molecule has 19 heavy (non-hydrogen) atoms. The highest BCUT2D eigenvalue weighted by Gasteiger charge is 2.32. The third-order valence-electron chi connectivity index (χ3n) is 3.55. The van der Waals surface area contributed by atoms with E-state index in [-0.39, 0.29) is 11.7 Å². The molecule has 2 aromatic rings. The molecule has 0 amide bonds. The smallest absolute Gasteiger partial charge is 0.160 e. The van der Waals surface area contributed by atoms with Crippen LogP contribution in [0.1, 0.15) is 27.7 Å². The lowest BCUT2D eigenvalue weighted by atomic mass is 9.90. The van der Waals surface area contributed by atoms with Gasteiger partial charge in [0.05, 0.1) is 5.54 Å². The number of carbonyl (C=O) groups is 1. The van der Waals surface area contributed by atoms with Crippen molar-refractivity contribution in [3.63, 3.8) is 0 Å². The number of aromatic nitrogens is 1. The lowest BCUT2D eigenvalue weighted by Gasteiger charge is -2.29. The largest absolute Gasteiger partial charge is 0.335 e. The Labute approximate surface area is 115 Å². The summed E-state index contributed by atoms with van der Waals surface area (Å²) in [5, 5.41) is 0. The van der Waals surface area contributed by atoms with Gasteiger partial charge < -0.3 is 4.57 Å². The predicted octanol–water partition coefficient (Wildman–Crippen LogP) is 4.12. The predicted molar refractivity (Wildman–Crippen MR) is 79.0 cm³/mol. The monoisotopic (exact) mass is 255 g/mol. The van der Waals surface area contributed by atoms with Crippen molar-refractivity contribution in [2.45, 2.75) is 33.2 Å². The fraction of sp³-hybridized carbons (Fsp3) is 0.353. The van der Waals surface area contributed by atoms with Gasteiger partial charge in [-0.25, -0.2) is 0 Å². The number of carbonyl (C=O) groups excluding carboxylic acids is 1. The Kier molecular flexibility index (Phi) is 3.61. The number of nitrogens with zero attached hydrogens (tertiary/aromatic N) is 1. The van der Waals surface area contributed by atoms with Crippen LogP contribution in [0.25, 0.3) is 11.3 Å². The number of Topliss-reactive ketones (excluding diaryl/α,β-unsaturated/α-hetero) is 1. The van der Waals surface area contributed by atoms with Crippen molar-refractivity contribution in [2.75, 3.05) is 0 Å². The third-order valence-corrected chi connectivity index (χ3v) is 3.55. The number of rotatable bonds is 4. The molecule has 2 nitrogen and oxygen atoms in total. The van der Waals surface area contributed by atoms with E-state index in [1.54, 1.807) is 0 Å². The first-order chi connectivity index (χ1) is 8.94. The lowest BCUT2D eigenvalue weighted by Crippen LogP contribution is -2.38. The molecule has 100 valence electrons. The Morgan fingerprint density at radius 2 is 1.68 bits per heavy atom. The van der Waals surface area contributed by atoms with Crippen LogP contribution >= 0.6 is 0 Å². The zero-order chi connectivity index (χ0) is 14.0. The van der Waals surface area contributed by atoms with Gasteiger partial charge in [0.2, 0.25) is 0 Å². The van der Waals surface area contributed by atoms with Gasteiger partial charge in [-0.15, -0.1) is 0 Å². The van der Waals surface area contributed by atoms with Crippen LogP contribution in [0.2, 0.25) is 0 Å². The molecule has 0 radical (unpaired) electrons. The molecule has 1 aromatic carbocycles. The summed E-state index contributed by atoms with van der Waals surface area (Å²) >= 11 is 0. The second-order valence-electron chi connectivity index (χ2n) is 5.71. The van der Waals surface area contributed by atoms with Gasteiger partial charge in [0.15, 0.2) is 5.78 Å². The van der Waals surface area contributed by atoms with E-state index in [4.69, 9.17) is 0 Å². The minimum absolute atomic E-state index is 0.0287. The van der Waals surface area contributed by atoms with Crippen LogP contribution < -0.4 is 0 Å². The summed E-state index contributed by atoms with van der Waals surface area (Å²) in [7, 11) is 0. The van der Waals surface area contributed by atoms with Crippen molar-refractivity contribution in [2.24, 2.45) is 5.92 Å². The summed E-state index contributed by atoms with van der Waals surface area (Å²) < 4.78 is 2.07. The Bertz CT molecular complexity index is 564. The fourth-order valence-corrected chi connectivity index (χ4v) is 2.54. The average molecular weight is 255 g/mol. The highest BCUT2D eigenvalue weighted by atomic mass is 16.1. The van der Waals surface area contributed by atoms with E-state index in [1.807, 2.05) is 58.2 Å². The molecular weight excluding hydrogens is 234 g/mol. The van der Waals surface area contributed by atoms with Crippen molar-refractivity contribution in [1.29, 1.82) is 0 Å². The standard InChI is InChI=1S/C17H21NO/c1-13(2)16(19)17(3,4)18-12-8-11-15(18)14-9-6-5-7-10-14/h5-13H,1-4H3. The maximum Gasteiger partial charge on any atom is 0.160 e. The molecule has 0 bridgehead atoms. The molecule has 0 fully saturated rings. The highest BCUT2D eigenvalue weighted by Crippen LogP contribution is 2.29. The number of benzene rings is 1. The second kappa shape index (κ2) is 5.04. The zero-order valence-corrected chi connectivity index (χ0v) is 12.1. The first-order valence-electron chi connectivity index (χ1n) is 6.72. The molecule has 2 heteroatoms. The Morgan fingerprint density at radius 3 is 2.26 bits per heavy atom. The van der Waals surface area contributed by atoms with Gasteiger partial charge in [0, 0.05) is 17.8 Å². The van der Waals surface area contributed by atoms with Crippen molar-refractivity contribution in [3.05, 3.63) is 48.7 Å². The normalized spacial score (nSPS) is 11.8. The minimum atomic E-state index is -0.525. The van der Waals surface area contributed by atoms with Crippen molar-refractivity contribution < 1.29 is 4.79 Å². The van der Waals surface area contributed by atoms with Crippen LogP contribution in [0.15, 0.2) is 48.7 Å². The molecule has 0 aliphatic heterocycles. The molecule has 0 unspecified atom stereocenters. The first kappa shape index (κ1) is 13.6. The van der Waals surface area contributed by atoms with E-state index in [0.29, 0.717) is 0 Å². The van der Waals surface area contributed by atoms with Crippen LogP contribution in [0.5, 0.6) is 0 Å². The SMILES string of the molecule is CC(C)C(=O)C(C)(C)n1cccc1-c1ccccc1. The molecule has 0 saturated carbocycles. The van der Waals surface area contributed by atoms with Gasteiger partial charge in [-0.3, -0.25) is 4.79 Å². The van der Waals surface area contributed by atoms with Gasteiger partial charge in [-0.05, 0) is 31.5 Å². The summed E-state index contributed by atoms with van der Waals surface area (Å²) in [5.74, 6) is 0.280. The number of hydrogen-bond acceptors (Lipinski definition) is 1. The van der Waals surface area contributed by atoms with E-state index in [2.05, 4.69) is 22.8 Å². The summed E-state index contributed by atoms with van der Waals surface area (Å²) in [4.78, 5) is 12.4. The fourth-order valence-electron chi connectivity index (χ4n) is 2.54. The van der Waals surface area contributed by atoms with Crippen LogP contribution in [0.3, 0.4) is 0 Å². The number of ketones is 1. The van der Waals surface area contributed by atoms with E-state index in [9.17, 15) is 4.79 Å². The van der Waals surface area contributed by atoms with E-state index >= 15 is 0 Å². The van der Waals surface area contributed by atoms with Crippen molar-refractivity contribution >= 4 is 5.78 Å². The summed E-state index contributed by atoms with van der Waals surface area (Å²) in [6, 6.07) is 14.2. The Balaban J connectivity index is 2.48. The molecule has 0 N–H and O–H groups in total. The summed E-state index contributed by atoms with van der Waals surface area (Å²) in [5.41, 5.74) is 1.69. The van der Waals surface area contributed by atoms with E-state index < -0.39 is 5.54 Å². The van der Waals surface area contributed by atoms with Crippen LogP contribution in [0.4, 0.5) is 0 Å².